The van der Waals surface area contributed by atoms with Crippen molar-refractivity contribution in [1.29, 1.82) is 0 Å². The molecule has 0 aromatic rings. The van der Waals surface area contributed by atoms with Crippen molar-refractivity contribution in [1.82, 2.24) is 0 Å². The minimum atomic E-state index is -1.06. The highest BCUT2D eigenvalue weighted by molar-refractivity contribution is 5.84. The third-order valence-electron chi connectivity index (χ3n) is 14.3. The van der Waals surface area contributed by atoms with E-state index in [9.17, 15) is 24.9 Å². The second-order valence-corrected chi connectivity index (χ2v) is 17.8. The lowest BCUT2D eigenvalue weighted by Crippen LogP contribution is -2.60. The van der Waals surface area contributed by atoms with Gasteiger partial charge in [-0.1, -0.05) is 61.5 Å². The minimum Gasteiger partial charge on any atom is -0.481 e. The van der Waals surface area contributed by atoms with E-state index in [4.69, 9.17) is 23.7 Å². The average molecular weight is 735 g/mol. The zero-order chi connectivity index (χ0) is 38.4. The lowest BCUT2D eigenvalue weighted by atomic mass is 9.72. The van der Waals surface area contributed by atoms with Gasteiger partial charge in [0, 0.05) is 36.5 Å². The van der Waals surface area contributed by atoms with Crippen LogP contribution in [0.1, 0.15) is 140 Å². The van der Waals surface area contributed by atoms with Crippen molar-refractivity contribution in [3.8, 4) is 0 Å². The van der Waals surface area contributed by atoms with Crippen molar-refractivity contribution >= 4 is 11.8 Å². The molecule has 0 radical (unpaired) electrons. The minimum absolute atomic E-state index is 0.0134. The van der Waals surface area contributed by atoms with Crippen molar-refractivity contribution in [2.75, 3.05) is 0 Å². The van der Waals surface area contributed by atoms with Gasteiger partial charge in [0.25, 0.3) is 0 Å². The number of hydrogen-bond donors (Lipinski definition) is 3. The van der Waals surface area contributed by atoms with Crippen molar-refractivity contribution in [2.45, 2.75) is 199 Å². The number of aliphatic carboxylic acids is 1. The summed E-state index contributed by atoms with van der Waals surface area (Å²) in [5.41, 5.74) is -1.40. The van der Waals surface area contributed by atoms with E-state index in [0.29, 0.717) is 51.4 Å². The standard InChI is InChI=1S/C42H70O10/c1-11-30(38(45)46)32-16-15-24(4)36(49-32)28(8)34(43)27(7)35(44)31(12-2)37-25(5)23-26(6)42(50-37)19-14-18-41(52-42)22-21-39(10,51-41)33-17-20-40(47,13-3)29(9)48-33/h14,19,24-34,36-37,43,47H,11-13,15-18,20-23H2,1-10H3,(H,45,46)/t24-,25-,26+,27-,28-,29-,30+,31-,32+,33+,34+,36+,37-,39-,40+,41+,42?/m0/s1. The molecule has 1 unspecified atom stereocenters. The van der Waals surface area contributed by atoms with Gasteiger partial charge < -0.3 is 39.0 Å². The van der Waals surface area contributed by atoms with Crippen LogP contribution in [-0.4, -0.2) is 86.5 Å². The first kappa shape index (κ1) is 41.8. The number of carboxylic acid groups (broad SMARTS) is 1. The molecule has 5 aliphatic heterocycles. The molecule has 4 fully saturated rings. The molecule has 0 aromatic heterocycles. The molecule has 5 rings (SSSR count). The van der Waals surface area contributed by atoms with Gasteiger partial charge in [-0.15, -0.1) is 0 Å². The van der Waals surface area contributed by atoms with Crippen LogP contribution in [0.5, 0.6) is 0 Å². The number of carbonyl (C=O) groups is 2. The summed E-state index contributed by atoms with van der Waals surface area (Å²) in [6.07, 6.45) is 8.95. The average Bonchev–Trinajstić information content (AvgIpc) is 3.43. The van der Waals surface area contributed by atoms with Gasteiger partial charge in [0.2, 0.25) is 0 Å². The van der Waals surface area contributed by atoms with Crippen molar-refractivity contribution < 1.29 is 48.6 Å². The first-order valence-corrected chi connectivity index (χ1v) is 20.6. The van der Waals surface area contributed by atoms with E-state index >= 15 is 0 Å². The summed E-state index contributed by atoms with van der Waals surface area (Å²) >= 11 is 0. The Bertz CT molecular complexity index is 1290. The van der Waals surface area contributed by atoms with E-state index in [0.717, 1.165) is 19.3 Å². The second kappa shape index (κ2) is 16.0. The van der Waals surface area contributed by atoms with Crippen LogP contribution in [0.2, 0.25) is 0 Å². The number of carboxylic acids is 1. The first-order valence-electron chi connectivity index (χ1n) is 20.6. The van der Waals surface area contributed by atoms with E-state index in [1.807, 2.05) is 47.6 Å². The molecule has 4 saturated heterocycles. The fourth-order valence-electron chi connectivity index (χ4n) is 10.5. The van der Waals surface area contributed by atoms with Gasteiger partial charge in [-0.25, -0.2) is 0 Å². The number of rotatable bonds is 12. The topological polar surface area (TPSA) is 141 Å². The Balaban J connectivity index is 1.29. The summed E-state index contributed by atoms with van der Waals surface area (Å²) in [5, 5.41) is 32.5. The second-order valence-electron chi connectivity index (χ2n) is 17.8. The maximum atomic E-state index is 14.4. The van der Waals surface area contributed by atoms with E-state index in [1.165, 1.54) is 0 Å². The number of hydrogen-bond acceptors (Lipinski definition) is 9. The molecule has 0 amide bonds. The van der Waals surface area contributed by atoms with E-state index < -0.39 is 64.8 Å². The summed E-state index contributed by atoms with van der Waals surface area (Å²) in [7, 11) is 0. The van der Waals surface area contributed by atoms with Crippen LogP contribution in [0, 0.1) is 41.4 Å². The molecule has 0 bridgehead atoms. The zero-order valence-electron chi connectivity index (χ0n) is 33.6. The van der Waals surface area contributed by atoms with E-state index in [2.05, 4.69) is 33.8 Å². The summed E-state index contributed by atoms with van der Waals surface area (Å²) in [6, 6.07) is 0. The molecular formula is C42H70O10. The van der Waals surface area contributed by atoms with E-state index in [1.54, 1.807) is 0 Å². The van der Waals surface area contributed by atoms with Crippen LogP contribution < -0.4 is 0 Å². The predicted molar refractivity (Wildman–Crippen MR) is 197 cm³/mol. The molecule has 10 heteroatoms. The lowest BCUT2D eigenvalue weighted by molar-refractivity contribution is -0.393. The number of carbonyl (C=O) groups excluding carboxylic acids is 1. The molecule has 5 heterocycles. The highest BCUT2D eigenvalue weighted by Gasteiger charge is 2.60. The van der Waals surface area contributed by atoms with Gasteiger partial charge in [-0.2, -0.15) is 0 Å². The molecular weight excluding hydrogens is 664 g/mol. The molecule has 0 aliphatic carbocycles. The largest absolute Gasteiger partial charge is 0.481 e. The highest BCUT2D eigenvalue weighted by Crippen LogP contribution is 2.54. The Hall–Kier alpha value is -1.40. The number of Topliss-reactive ketones (excluding diaryl/α,β-unsaturated/α-hetero) is 1. The smallest absolute Gasteiger partial charge is 0.309 e. The third kappa shape index (κ3) is 7.83. The maximum Gasteiger partial charge on any atom is 0.309 e. The summed E-state index contributed by atoms with van der Waals surface area (Å²) in [6.45, 7) is 20.0. The summed E-state index contributed by atoms with van der Waals surface area (Å²) in [4.78, 5) is 26.3. The van der Waals surface area contributed by atoms with Crippen LogP contribution in [0.4, 0.5) is 0 Å². The van der Waals surface area contributed by atoms with Crippen LogP contribution >= 0.6 is 0 Å². The van der Waals surface area contributed by atoms with Crippen LogP contribution in [0.3, 0.4) is 0 Å². The van der Waals surface area contributed by atoms with Crippen molar-refractivity contribution in [2.24, 2.45) is 41.4 Å². The molecule has 298 valence electrons. The molecule has 17 atom stereocenters. The first-order chi connectivity index (χ1) is 24.4. The third-order valence-corrected chi connectivity index (χ3v) is 14.3. The van der Waals surface area contributed by atoms with Crippen molar-refractivity contribution in [3.05, 3.63) is 12.2 Å². The fraction of sp³-hybridized carbons (Fsp3) is 0.905. The van der Waals surface area contributed by atoms with Gasteiger partial charge in [-0.3, -0.25) is 9.59 Å². The molecule has 0 aromatic carbocycles. The fourth-order valence-corrected chi connectivity index (χ4v) is 10.5. The normalized spacial score (nSPS) is 45.4. The van der Waals surface area contributed by atoms with Gasteiger partial charge in [0.15, 0.2) is 11.6 Å². The van der Waals surface area contributed by atoms with Crippen molar-refractivity contribution in [3.63, 3.8) is 0 Å². The lowest BCUT2D eigenvalue weighted by Gasteiger charge is -2.53. The Kier molecular flexibility index (Phi) is 12.8. The Morgan fingerprint density at radius 2 is 1.58 bits per heavy atom. The summed E-state index contributed by atoms with van der Waals surface area (Å²) in [5.74, 6) is -4.67. The SMILES string of the molecule is CC[C@@H](C(=O)[C@@H](C)[C@@H](O)[C@H](C)[C@@H]1O[C@@H]([C@@H](CC)C(=O)O)CC[C@@H]1C)[C@H]1OC2(C=CC[C@]3(CC[C@@](C)([C@H]4CC[C@](O)(CC)[C@H](C)O4)O3)O2)[C@H](C)C[C@@H]1C. The number of aliphatic hydroxyl groups is 2. The molecule has 10 nitrogen and oxygen atoms in total. The molecule has 0 saturated carbocycles. The molecule has 2 spiro atoms. The highest BCUT2D eigenvalue weighted by atomic mass is 16.8. The number of ketones is 1. The van der Waals surface area contributed by atoms with Gasteiger partial charge in [0.1, 0.15) is 5.78 Å². The van der Waals surface area contributed by atoms with E-state index in [-0.39, 0.29) is 47.8 Å². The van der Waals surface area contributed by atoms with Crippen LogP contribution in [0.15, 0.2) is 12.2 Å². The van der Waals surface area contributed by atoms with Gasteiger partial charge in [-0.05, 0) is 89.5 Å². The summed E-state index contributed by atoms with van der Waals surface area (Å²) < 4.78 is 33.9. The quantitative estimate of drug-likeness (QED) is 0.176. The Labute approximate surface area is 312 Å². The van der Waals surface area contributed by atoms with Gasteiger partial charge in [0.05, 0.1) is 53.7 Å². The maximum absolute atomic E-state index is 14.4. The Morgan fingerprint density at radius 3 is 2.19 bits per heavy atom. The monoisotopic (exact) mass is 734 g/mol. The van der Waals surface area contributed by atoms with Crippen LogP contribution in [-0.2, 0) is 33.3 Å². The Morgan fingerprint density at radius 1 is 0.885 bits per heavy atom. The molecule has 3 N–H and O–H groups in total. The molecule has 52 heavy (non-hydrogen) atoms. The predicted octanol–water partition coefficient (Wildman–Crippen LogP) is 7.22. The van der Waals surface area contributed by atoms with Crippen LogP contribution in [0.25, 0.3) is 0 Å². The number of ether oxygens (including phenoxy) is 5. The van der Waals surface area contributed by atoms with Gasteiger partial charge >= 0.3 is 5.97 Å². The molecule has 5 aliphatic rings. The number of aliphatic hydroxyl groups excluding tert-OH is 1. The zero-order valence-corrected chi connectivity index (χ0v) is 33.6.